The fourth-order valence-corrected chi connectivity index (χ4v) is 1.46. The predicted octanol–water partition coefficient (Wildman–Crippen LogP) is 0.896. The molecule has 1 heterocycles. The van der Waals surface area contributed by atoms with Crippen LogP contribution in [-0.4, -0.2) is 27.1 Å². The molecule has 0 saturated carbocycles. The van der Waals surface area contributed by atoms with Gasteiger partial charge in [0.15, 0.2) is 5.84 Å². The smallest absolute Gasteiger partial charge is 0.273 e. The Morgan fingerprint density at radius 2 is 2.26 bits per heavy atom. The van der Waals surface area contributed by atoms with Crippen LogP contribution in [0.2, 0.25) is 0 Å². The van der Waals surface area contributed by atoms with Gasteiger partial charge in [-0.15, -0.1) is 0 Å². The fraction of sp³-hybridized carbons (Fsp3) is 0. The Bertz CT molecular complexity index is 624. The Morgan fingerprint density at radius 1 is 1.47 bits per heavy atom. The van der Waals surface area contributed by atoms with E-state index >= 15 is 0 Å². The third-order valence-corrected chi connectivity index (χ3v) is 2.36. The van der Waals surface area contributed by atoms with Gasteiger partial charge in [-0.25, -0.2) is 4.39 Å². The van der Waals surface area contributed by atoms with E-state index in [1.54, 1.807) is 0 Å². The summed E-state index contributed by atoms with van der Waals surface area (Å²) in [5, 5.41) is 20.0. The van der Waals surface area contributed by atoms with Crippen molar-refractivity contribution in [2.45, 2.75) is 0 Å². The number of aromatic amines is 1. The van der Waals surface area contributed by atoms with Gasteiger partial charge in [0, 0.05) is 11.8 Å². The van der Waals surface area contributed by atoms with Crippen molar-refractivity contribution in [2.75, 3.05) is 5.32 Å². The van der Waals surface area contributed by atoms with E-state index in [4.69, 9.17) is 10.9 Å². The maximum Gasteiger partial charge on any atom is 0.273 e. The number of anilines is 1. The second-order valence-corrected chi connectivity index (χ2v) is 3.60. The third kappa shape index (κ3) is 2.68. The first-order valence-electron chi connectivity index (χ1n) is 5.20. The molecule has 0 atom stereocenters. The summed E-state index contributed by atoms with van der Waals surface area (Å²) in [7, 11) is 0. The van der Waals surface area contributed by atoms with Gasteiger partial charge in [-0.05, 0) is 24.3 Å². The van der Waals surface area contributed by atoms with E-state index in [0.717, 1.165) is 12.1 Å². The van der Waals surface area contributed by atoms with E-state index < -0.39 is 11.7 Å². The van der Waals surface area contributed by atoms with E-state index in [1.807, 2.05) is 0 Å². The number of carbonyl (C=O) groups is 1. The van der Waals surface area contributed by atoms with Crippen LogP contribution in [0.25, 0.3) is 0 Å². The topological polar surface area (TPSA) is 116 Å². The Morgan fingerprint density at radius 3 is 2.89 bits per heavy atom. The van der Waals surface area contributed by atoms with Crippen LogP contribution in [0.5, 0.6) is 0 Å². The number of amides is 1. The molecule has 2 rings (SSSR count). The molecule has 0 aliphatic carbocycles. The highest BCUT2D eigenvalue weighted by Gasteiger charge is 2.13. The molecule has 0 fully saturated rings. The second kappa shape index (κ2) is 5.17. The molecule has 8 heteroatoms. The van der Waals surface area contributed by atoms with Crippen molar-refractivity contribution in [1.82, 2.24) is 10.2 Å². The zero-order chi connectivity index (χ0) is 13.8. The molecule has 0 spiro atoms. The van der Waals surface area contributed by atoms with Crippen LogP contribution in [0.1, 0.15) is 16.1 Å². The summed E-state index contributed by atoms with van der Waals surface area (Å²) in [6.45, 7) is 0. The Kier molecular flexibility index (Phi) is 3.42. The summed E-state index contributed by atoms with van der Waals surface area (Å²) in [5.74, 6) is -1.35. The molecule has 0 radical (unpaired) electrons. The lowest BCUT2D eigenvalue weighted by molar-refractivity contribution is 0.102. The number of rotatable bonds is 3. The van der Waals surface area contributed by atoms with Gasteiger partial charge in [0.05, 0.1) is 5.69 Å². The van der Waals surface area contributed by atoms with Crippen molar-refractivity contribution >= 4 is 17.4 Å². The van der Waals surface area contributed by atoms with Crippen LogP contribution < -0.4 is 11.1 Å². The van der Waals surface area contributed by atoms with Crippen molar-refractivity contribution in [3.63, 3.8) is 0 Å². The molecule has 98 valence electrons. The maximum atomic E-state index is 13.1. The zero-order valence-electron chi connectivity index (χ0n) is 9.59. The number of H-pyrrole nitrogens is 1. The normalized spacial score (nSPS) is 11.3. The summed E-state index contributed by atoms with van der Waals surface area (Å²) in [4.78, 5) is 11.8. The van der Waals surface area contributed by atoms with Gasteiger partial charge < -0.3 is 16.3 Å². The molecule has 0 aliphatic heterocycles. The lowest BCUT2D eigenvalue weighted by Crippen LogP contribution is -2.19. The number of carbonyl (C=O) groups excluding carboxylic acids is 1. The van der Waals surface area contributed by atoms with Gasteiger partial charge in [-0.2, -0.15) is 5.10 Å². The quantitative estimate of drug-likeness (QED) is 0.285. The number of nitrogens with two attached hydrogens (primary N) is 1. The number of nitrogens with one attached hydrogen (secondary N) is 2. The minimum Gasteiger partial charge on any atom is -0.409 e. The zero-order valence-corrected chi connectivity index (χ0v) is 9.59. The third-order valence-electron chi connectivity index (χ3n) is 2.36. The minimum atomic E-state index is -0.568. The van der Waals surface area contributed by atoms with Crippen LogP contribution in [-0.2, 0) is 0 Å². The van der Waals surface area contributed by atoms with Gasteiger partial charge in [0.1, 0.15) is 11.5 Å². The average molecular weight is 263 g/mol. The molecular formula is C11H10FN5O2. The first-order chi connectivity index (χ1) is 9.11. The highest BCUT2D eigenvalue weighted by atomic mass is 19.1. The first-order valence-corrected chi connectivity index (χ1v) is 5.20. The highest BCUT2D eigenvalue weighted by Crippen LogP contribution is 2.17. The summed E-state index contributed by atoms with van der Waals surface area (Å²) in [6, 6.07) is 4.99. The Labute approximate surface area is 106 Å². The number of amidine groups is 1. The Balaban J connectivity index is 2.32. The van der Waals surface area contributed by atoms with Gasteiger partial charge in [-0.3, -0.25) is 9.89 Å². The lowest BCUT2D eigenvalue weighted by atomic mass is 10.1. The van der Waals surface area contributed by atoms with E-state index in [9.17, 15) is 9.18 Å². The molecule has 0 saturated heterocycles. The van der Waals surface area contributed by atoms with Crippen LogP contribution in [0, 0.1) is 5.82 Å². The van der Waals surface area contributed by atoms with Gasteiger partial charge >= 0.3 is 0 Å². The van der Waals surface area contributed by atoms with Gasteiger partial charge in [-0.1, -0.05) is 5.16 Å². The predicted molar refractivity (Wildman–Crippen MR) is 65.5 cm³/mol. The van der Waals surface area contributed by atoms with Crippen molar-refractivity contribution < 1.29 is 14.4 Å². The number of nitrogens with zero attached hydrogens (tertiary/aromatic N) is 2. The molecule has 1 amide bonds. The van der Waals surface area contributed by atoms with Crippen LogP contribution in [0.3, 0.4) is 0 Å². The largest absolute Gasteiger partial charge is 0.409 e. The molecule has 1 aromatic carbocycles. The number of benzene rings is 1. The van der Waals surface area contributed by atoms with E-state index in [1.165, 1.54) is 18.3 Å². The number of halogens is 1. The molecule has 5 N–H and O–H groups in total. The molecule has 0 unspecified atom stereocenters. The van der Waals surface area contributed by atoms with Crippen LogP contribution in [0.15, 0.2) is 35.6 Å². The lowest BCUT2D eigenvalue weighted by Gasteiger charge is -2.09. The molecule has 19 heavy (non-hydrogen) atoms. The number of oxime groups is 1. The minimum absolute atomic E-state index is 0.0790. The first kappa shape index (κ1) is 12.6. The molecule has 0 bridgehead atoms. The summed E-state index contributed by atoms with van der Waals surface area (Å²) >= 11 is 0. The molecule has 7 nitrogen and oxygen atoms in total. The standard InChI is InChI=1S/C11H10FN5O2/c12-6-1-2-8(7(5-6)10(13)17-19)15-11(18)9-3-4-14-16-9/h1-5,19H,(H2,13,17)(H,14,16)(H,15,18). The monoisotopic (exact) mass is 263 g/mol. The molecule has 0 aliphatic rings. The number of aromatic nitrogens is 2. The van der Waals surface area contributed by atoms with Crippen LogP contribution in [0.4, 0.5) is 10.1 Å². The van der Waals surface area contributed by atoms with E-state index in [2.05, 4.69) is 20.7 Å². The van der Waals surface area contributed by atoms with Crippen LogP contribution >= 0.6 is 0 Å². The number of hydrogen-bond donors (Lipinski definition) is 4. The summed E-state index contributed by atoms with van der Waals surface area (Å²) in [5.41, 5.74) is 5.95. The van der Waals surface area contributed by atoms with Crippen molar-refractivity contribution in [3.8, 4) is 0 Å². The Hall–Kier alpha value is -2.90. The second-order valence-electron chi connectivity index (χ2n) is 3.60. The van der Waals surface area contributed by atoms with Gasteiger partial charge in [0.2, 0.25) is 0 Å². The van der Waals surface area contributed by atoms with Gasteiger partial charge in [0.25, 0.3) is 5.91 Å². The highest BCUT2D eigenvalue weighted by molar-refractivity contribution is 6.09. The molecular weight excluding hydrogens is 253 g/mol. The fourth-order valence-electron chi connectivity index (χ4n) is 1.46. The summed E-state index contributed by atoms with van der Waals surface area (Å²) < 4.78 is 13.1. The van der Waals surface area contributed by atoms with E-state index in [0.29, 0.717) is 0 Å². The summed E-state index contributed by atoms with van der Waals surface area (Å²) in [6.07, 6.45) is 1.42. The average Bonchev–Trinajstić information content (AvgIpc) is 2.94. The molecule has 2 aromatic rings. The van der Waals surface area contributed by atoms with E-state index in [-0.39, 0.29) is 22.8 Å². The maximum absolute atomic E-state index is 13.1. The van der Waals surface area contributed by atoms with Crippen molar-refractivity contribution in [2.24, 2.45) is 10.9 Å². The molecule has 1 aromatic heterocycles. The number of hydrogen-bond acceptors (Lipinski definition) is 4. The SMILES string of the molecule is N/C(=N/O)c1cc(F)ccc1NC(=O)c1ccn[nH]1. The van der Waals surface area contributed by atoms with Crippen molar-refractivity contribution in [3.05, 3.63) is 47.5 Å². The van der Waals surface area contributed by atoms with Crippen molar-refractivity contribution in [1.29, 1.82) is 0 Å².